The second-order valence-electron chi connectivity index (χ2n) is 7.87. The van der Waals surface area contributed by atoms with E-state index in [2.05, 4.69) is 20.0 Å². The van der Waals surface area contributed by atoms with Crippen LogP contribution in [0.4, 0.5) is 5.69 Å². The van der Waals surface area contributed by atoms with Gasteiger partial charge in [0.2, 0.25) is 5.91 Å². The molecule has 1 fully saturated rings. The van der Waals surface area contributed by atoms with Gasteiger partial charge >= 0.3 is 7.60 Å². The third-order valence-corrected chi connectivity index (χ3v) is 6.35. The number of pyridine rings is 1. The number of amidine groups is 1. The molecular weight excluding hydrogens is 461 g/mol. The van der Waals surface area contributed by atoms with Gasteiger partial charge in [-0.2, -0.15) is 0 Å². The van der Waals surface area contributed by atoms with Crippen LogP contribution < -0.4 is 15.4 Å². The van der Waals surface area contributed by atoms with Crippen molar-refractivity contribution in [3.63, 3.8) is 0 Å². The topological polar surface area (TPSA) is 171 Å². The van der Waals surface area contributed by atoms with Crippen molar-refractivity contribution in [2.75, 3.05) is 30.8 Å². The second kappa shape index (κ2) is 11.7. The van der Waals surface area contributed by atoms with Crippen molar-refractivity contribution in [2.24, 2.45) is 21.8 Å². The zero-order valence-corrected chi connectivity index (χ0v) is 19.4. The summed E-state index contributed by atoms with van der Waals surface area (Å²) < 4.78 is 16.9. The average Bonchev–Trinajstić information content (AvgIpc) is 2.85. The van der Waals surface area contributed by atoms with Gasteiger partial charge < -0.3 is 30.4 Å². The van der Waals surface area contributed by atoms with Crippen LogP contribution in [-0.2, 0) is 15.8 Å². The highest BCUT2D eigenvalue weighted by Crippen LogP contribution is 2.36. The third kappa shape index (κ3) is 7.38. The molecule has 0 bridgehead atoms. The number of ether oxygens (including phenoxy) is 1. The molecule has 1 aromatic carbocycles. The third-order valence-electron chi connectivity index (χ3n) is 5.55. The van der Waals surface area contributed by atoms with E-state index in [1.165, 1.54) is 12.3 Å². The summed E-state index contributed by atoms with van der Waals surface area (Å²) >= 11 is 0. The first-order chi connectivity index (χ1) is 16.3. The van der Waals surface area contributed by atoms with E-state index in [-0.39, 0.29) is 36.9 Å². The Hall–Kier alpha value is -3.27. The van der Waals surface area contributed by atoms with Crippen LogP contribution >= 0.6 is 7.60 Å². The number of rotatable bonds is 9. The van der Waals surface area contributed by atoms with Crippen molar-refractivity contribution in [1.29, 1.82) is 0 Å². The Morgan fingerprint density at radius 3 is 2.59 bits per heavy atom. The van der Waals surface area contributed by atoms with Crippen LogP contribution in [0.5, 0.6) is 5.75 Å². The number of nitrogens with two attached hydrogens (primary N) is 1. The number of carbonyl (C=O) groups is 1. The van der Waals surface area contributed by atoms with Crippen LogP contribution in [0.2, 0.25) is 0 Å². The van der Waals surface area contributed by atoms with E-state index < -0.39 is 7.60 Å². The van der Waals surface area contributed by atoms with Gasteiger partial charge in [-0.05, 0) is 43.0 Å². The lowest BCUT2D eigenvalue weighted by Gasteiger charge is -2.32. The number of nitrogens with zero attached hydrogens (tertiary/aromatic N) is 4. The van der Waals surface area contributed by atoms with E-state index in [1.54, 1.807) is 24.5 Å². The Kier molecular flexibility index (Phi) is 8.75. The van der Waals surface area contributed by atoms with Crippen LogP contribution in [0.3, 0.4) is 0 Å². The molecule has 0 saturated carbocycles. The van der Waals surface area contributed by atoms with Crippen molar-refractivity contribution in [3.05, 3.63) is 53.9 Å². The molecule has 0 spiro atoms. The first kappa shape index (κ1) is 25.4. The Bertz CT molecular complexity index is 1080. The van der Waals surface area contributed by atoms with Crippen molar-refractivity contribution >= 4 is 31.2 Å². The Morgan fingerprint density at radius 2 is 1.94 bits per heavy atom. The quantitative estimate of drug-likeness (QED) is 0.135. The molecule has 1 saturated heterocycles. The molecule has 2 aromatic rings. The number of aromatic nitrogens is 1. The van der Waals surface area contributed by atoms with E-state index in [0.29, 0.717) is 29.7 Å². The molecule has 182 valence electrons. The molecule has 0 unspecified atom stereocenters. The molecule has 11 nitrogen and oxygen atoms in total. The largest absolute Gasteiger partial charge is 0.488 e. The molecule has 1 aromatic heterocycles. The minimum atomic E-state index is -4.19. The number of amides is 1. The van der Waals surface area contributed by atoms with Gasteiger partial charge in [0.05, 0.1) is 6.16 Å². The molecule has 1 aliphatic heterocycles. The lowest BCUT2D eigenvalue weighted by atomic mass is 9.96. The number of benzene rings is 1. The number of anilines is 1. The van der Waals surface area contributed by atoms with Gasteiger partial charge in [-0.1, -0.05) is 17.3 Å². The van der Waals surface area contributed by atoms with Gasteiger partial charge in [0, 0.05) is 48.9 Å². The number of hydrogen-bond acceptors (Lipinski definition) is 7. The van der Waals surface area contributed by atoms with Gasteiger partial charge in [0.1, 0.15) is 12.4 Å². The normalized spacial score (nSPS) is 15.6. The number of carbonyl (C=O) groups excluding carboxylic acids is 1. The maximum absolute atomic E-state index is 12.5. The molecule has 3 rings (SSSR count). The highest BCUT2D eigenvalue weighted by atomic mass is 31.2. The second-order valence-corrected chi connectivity index (χ2v) is 9.65. The molecule has 1 aliphatic rings. The summed E-state index contributed by atoms with van der Waals surface area (Å²) in [7, 11) is -4.19. The summed E-state index contributed by atoms with van der Waals surface area (Å²) in [5.41, 5.74) is 7.63. The minimum Gasteiger partial charge on any atom is -0.488 e. The summed E-state index contributed by atoms with van der Waals surface area (Å²) in [6, 6.07) is 8.56. The zero-order chi connectivity index (χ0) is 24.6. The first-order valence-electron chi connectivity index (χ1n) is 10.8. The van der Waals surface area contributed by atoms with Crippen molar-refractivity contribution < 1.29 is 29.1 Å². The van der Waals surface area contributed by atoms with Crippen LogP contribution in [0, 0.1) is 5.92 Å². The lowest BCUT2D eigenvalue weighted by Crippen LogP contribution is -2.36. The molecule has 1 amide bonds. The number of aryl methyl sites for hydroxylation is 1. The van der Waals surface area contributed by atoms with E-state index in [4.69, 9.17) is 25.5 Å². The van der Waals surface area contributed by atoms with Crippen molar-refractivity contribution in [2.45, 2.75) is 19.3 Å². The van der Waals surface area contributed by atoms with Gasteiger partial charge in [-0.25, -0.2) is 4.99 Å². The van der Waals surface area contributed by atoms with Crippen molar-refractivity contribution in [3.8, 4) is 5.75 Å². The molecule has 0 radical (unpaired) electrons. The summed E-state index contributed by atoms with van der Waals surface area (Å²) in [5.74, 6) is -0.183. The smallest absolute Gasteiger partial charge is 0.325 e. The van der Waals surface area contributed by atoms with E-state index in [9.17, 15) is 9.36 Å². The number of hydrogen-bond donors (Lipinski definition) is 4. The fourth-order valence-electron chi connectivity index (χ4n) is 3.68. The fraction of sp³-hybridized carbons (Fsp3) is 0.364. The van der Waals surface area contributed by atoms with Gasteiger partial charge in [0.25, 0.3) is 0 Å². The van der Waals surface area contributed by atoms with Crippen molar-refractivity contribution in [1.82, 2.24) is 4.98 Å². The molecule has 0 atom stereocenters. The maximum Gasteiger partial charge on any atom is 0.325 e. The summed E-state index contributed by atoms with van der Waals surface area (Å²) in [6.45, 7) is 1.50. The summed E-state index contributed by atoms with van der Waals surface area (Å²) in [5, 5.41) is 11.8. The Balaban J connectivity index is 1.56. The zero-order valence-electron chi connectivity index (χ0n) is 18.5. The van der Waals surface area contributed by atoms with E-state index >= 15 is 0 Å². The van der Waals surface area contributed by atoms with E-state index in [1.807, 2.05) is 12.1 Å². The SMILES string of the molecule is N/C(=N/O)c1ccc(CCP(=O)(O)O)c(OCC=NC(=O)C2CCN(c3ccncc3)CC2)c1. The molecule has 5 N–H and O–H groups in total. The number of aliphatic imine (C=N–C) groups is 1. The van der Waals surface area contributed by atoms with Gasteiger partial charge in [0.15, 0.2) is 5.84 Å². The molecule has 12 heteroatoms. The summed E-state index contributed by atoms with van der Waals surface area (Å²) in [4.78, 5) is 41.1. The standard InChI is InChI=1S/C22H28N5O6P/c23-21(26-29)18-2-1-16(7-14-34(30,31)32)20(15-18)33-13-10-25-22(28)17-5-11-27(12-6-17)19-3-8-24-9-4-19/h1-4,8-10,15,17,29H,5-7,11-14H2,(H2,23,26)(H2,30,31,32). The van der Waals surface area contributed by atoms with Gasteiger partial charge in [-0.15, -0.1) is 0 Å². The predicted molar refractivity (Wildman–Crippen MR) is 128 cm³/mol. The van der Waals surface area contributed by atoms with E-state index in [0.717, 1.165) is 18.8 Å². The Labute approximate surface area is 197 Å². The Morgan fingerprint density at radius 1 is 1.24 bits per heavy atom. The first-order valence-corrected chi connectivity index (χ1v) is 12.6. The lowest BCUT2D eigenvalue weighted by molar-refractivity contribution is -0.122. The highest BCUT2D eigenvalue weighted by Gasteiger charge is 2.24. The molecule has 0 aliphatic carbocycles. The van der Waals surface area contributed by atoms with Crippen LogP contribution in [0.1, 0.15) is 24.0 Å². The molecular formula is C22H28N5O6P. The van der Waals surface area contributed by atoms with Crippen LogP contribution in [0.15, 0.2) is 52.9 Å². The average molecular weight is 489 g/mol. The molecule has 34 heavy (non-hydrogen) atoms. The maximum atomic E-state index is 12.5. The minimum absolute atomic E-state index is 0.0237. The van der Waals surface area contributed by atoms with Crippen LogP contribution in [0.25, 0.3) is 0 Å². The fourth-order valence-corrected chi connectivity index (χ4v) is 4.21. The highest BCUT2D eigenvalue weighted by molar-refractivity contribution is 7.51. The monoisotopic (exact) mass is 489 g/mol. The molecule has 2 heterocycles. The summed E-state index contributed by atoms with van der Waals surface area (Å²) in [6.07, 6.45) is 5.99. The predicted octanol–water partition coefficient (Wildman–Crippen LogP) is 1.79. The number of piperidine rings is 1. The number of oxime groups is 1. The van der Waals surface area contributed by atoms with Gasteiger partial charge in [-0.3, -0.25) is 14.3 Å². The van der Waals surface area contributed by atoms with Crippen LogP contribution in [-0.4, -0.2) is 63.8 Å².